The van der Waals surface area contributed by atoms with Gasteiger partial charge in [-0.1, -0.05) is 0 Å². The van der Waals surface area contributed by atoms with Gasteiger partial charge in [0.25, 0.3) is 0 Å². The Labute approximate surface area is 107 Å². The van der Waals surface area contributed by atoms with Gasteiger partial charge in [-0.05, 0) is 0 Å². The summed E-state index contributed by atoms with van der Waals surface area (Å²) in [5, 5.41) is 0. The summed E-state index contributed by atoms with van der Waals surface area (Å²) in [6, 6.07) is 0. The molecule has 0 rings (SSSR count). The van der Waals surface area contributed by atoms with E-state index in [4.69, 9.17) is 23.3 Å². The van der Waals surface area contributed by atoms with Crippen LogP contribution in [0.1, 0.15) is 0 Å². The average Bonchev–Trinajstić information content (AvgIpc) is 2.27. The zero-order valence-electron chi connectivity index (χ0n) is 7.63. The van der Waals surface area contributed by atoms with Crippen LogP contribution in [-0.4, -0.2) is 0 Å². The second-order valence-corrected chi connectivity index (χ2v) is 2.87. The Balaban J connectivity index is -0.0000000189. The van der Waals surface area contributed by atoms with Crippen molar-refractivity contribution in [2.45, 2.75) is 0 Å². The smallest absolute Gasteiger partial charge is 0 e. The van der Waals surface area contributed by atoms with Gasteiger partial charge in [-0.25, -0.2) is 0 Å². The molecule has 0 N–H and O–H groups in total. The van der Waals surface area contributed by atoms with Gasteiger partial charge < -0.3 is 0 Å². The largest absolute Gasteiger partial charge is 0 e. The third-order valence-corrected chi connectivity index (χ3v) is 0. The Morgan fingerprint density at radius 3 is 0.444 bits per heavy atom. The van der Waals surface area contributed by atoms with Crippen LogP contribution in [0, 0.1) is 33.3 Å². The van der Waals surface area contributed by atoms with Crippen LogP contribution in [-0.2, 0) is 40.3 Å². The monoisotopic (exact) mass is 340 g/mol. The minimum Gasteiger partial charge on any atom is 0 e. The van der Waals surface area contributed by atoms with Crippen molar-refractivity contribution in [3.63, 3.8) is 0 Å². The molecule has 13 heteroatoms. The molecule has 0 unspecified atom stereocenters. The minimum absolute atomic E-state index is 0. The molecule has 0 aliphatic heterocycles. The van der Waals surface area contributed by atoms with Crippen LogP contribution >= 0.6 is 7.81 Å². The third-order valence-electron chi connectivity index (χ3n) is 0. The standard InChI is InChI=1S/5CO.F6P.Mn/c5*1-2;1-7(2,3,4,5)6;/q;;;;;-1;. The molecule has 0 saturated heterocycles. The molecule has 0 amide bonds. The zero-order valence-corrected chi connectivity index (χ0v) is 9.71. The summed E-state index contributed by atoms with van der Waals surface area (Å²) in [4.78, 5) is 0. The number of rotatable bonds is 0. The third kappa shape index (κ3) is 5190. The second-order valence-electron chi connectivity index (χ2n) is 0.958. The number of hydrogen-bond donors (Lipinski definition) is 0. The molecule has 1 radical (unpaired) electrons. The van der Waals surface area contributed by atoms with Crippen LogP contribution in [0.5, 0.6) is 0 Å². The van der Waals surface area contributed by atoms with Crippen LogP contribution in [0.2, 0.25) is 0 Å². The summed E-state index contributed by atoms with van der Waals surface area (Å²) in [6.07, 6.45) is 0. The first-order chi connectivity index (χ1) is 7.45. The molecule has 0 bridgehead atoms. The van der Waals surface area contributed by atoms with Crippen molar-refractivity contribution in [2.75, 3.05) is 0 Å². The summed E-state index contributed by atoms with van der Waals surface area (Å²) in [5.74, 6) is 0. The van der Waals surface area contributed by atoms with Crippen LogP contribution in [0.3, 0.4) is 0 Å². The van der Waals surface area contributed by atoms with Gasteiger partial charge in [-0.2, -0.15) is 0 Å². The Hall–Kier alpha value is -0.771. The van der Waals surface area contributed by atoms with E-state index in [0.717, 1.165) is 0 Å². The van der Waals surface area contributed by atoms with Crippen molar-refractivity contribution in [3.05, 3.63) is 33.3 Å². The van der Waals surface area contributed by atoms with Crippen molar-refractivity contribution in [1.82, 2.24) is 0 Å². The van der Waals surface area contributed by atoms with E-state index in [1.165, 1.54) is 0 Å². The fraction of sp³-hybridized carbons (Fsp3) is 0. The fourth-order valence-corrected chi connectivity index (χ4v) is 0. The zero-order chi connectivity index (χ0) is 16.4. The molecule has 0 heterocycles. The van der Waals surface area contributed by atoms with Gasteiger partial charge in [0.15, 0.2) is 0 Å². The van der Waals surface area contributed by atoms with E-state index in [9.17, 15) is 25.2 Å². The average molecular weight is 340 g/mol. The molecule has 0 fully saturated rings. The summed E-state index contributed by atoms with van der Waals surface area (Å²) >= 11 is 0. The first-order valence-electron chi connectivity index (χ1n) is 2.03. The van der Waals surface area contributed by atoms with Gasteiger partial charge >= 0.3 is 89.5 Å². The Morgan fingerprint density at radius 2 is 0.444 bits per heavy atom. The molecule has 0 aromatic rings. The van der Waals surface area contributed by atoms with Gasteiger partial charge in [0.1, 0.15) is 0 Å². The Bertz CT molecular complexity index is 214. The van der Waals surface area contributed by atoms with E-state index in [1.54, 1.807) is 0 Å². The van der Waals surface area contributed by atoms with E-state index >= 15 is 0 Å². The summed E-state index contributed by atoms with van der Waals surface area (Å²) in [6.45, 7) is 22.5. The van der Waals surface area contributed by atoms with E-state index in [-0.39, 0.29) is 17.1 Å². The maximum absolute atomic E-state index is 10.7. The Morgan fingerprint density at radius 1 is 0.444 bits per heavy atom. The molecule has 0 saturated carbocycles. The van der Waals surface area contributed by atoms with Crippen LogP contribution in [0.15, 0.2) is 0 Å². The molecule has 0 aromatic heterocycles. The van der Waals surface area contributed by atoms with Crippen molar-refractivity contribution in [1.29, 1.82) is 0 Å². The predicted molar refractivity (Wildman–Crippen MR) is 33.2 cm³/mol. The molecule has 0 spiro atoms. The SMILES string of the molecule is F[P-](F)(F)(F)(F)F.[C-]#[O+].[C-]#[O+].[C-]#[O+].[C-]#[O+].[C-]#[O+].[Mn]. The maximum Gasteiger partial charge on any atom is 0 e. The molecule has 0 aliphatic rings. The molecular weight excluding hydrogens is 340 g/mol. The van der Waals surface area contributed by atoms with E-state index in [0.29, 0.717) is 0 Å². The molecular formula is C5F6MnO5P-. The van der Waals surface area contributed by atoms with Gasteiger partial charge in [0.05, 0.1) is 0 Å². The maximum atomic E-state index is 9.87. The summed E-state index contributed by atoms with van der Waals surface area (Å²) in [7, 11) is -10.7. The van der Waals surface area contributed by atoms with Crippen molar-refractivity contribution < 1.29 is 65.5 Å². The summed E-state index contributed by atoms with van der Waals surface area (Å²) < 4.78 is 96.7. The van der Waals surface area contributed by atoms with E-state index < -0.39 is 7.81 Å². The van der Waals surface area contributed by atoms with E-state index in [1.807, 2.05) is 0 Å². The first kappa shape index (κ1) is 43.4. The number of hydrogen-bond acceptors (Lipinski definition) is 0. The molecule has 0 aromatic carbocycles. The van der Waals surface area contributed by atoms with Gasteiger partial charge in [-0.3, -0.25) is 0 Å². The number of halogens is 6. The molecule has 5 nitrogen and oxygen atoms in total. The van der Waals surface area contributed by atoms with Crippen molar-refractivity contribution >= 4 is 7.81 Å². The van der Waals surface area contributed by atoms with Crippen LogP contribution in [0.25, 0.3) is 0 Å². The molecule has 0 atom stereocenters. The quantitative estimate of drug-likeness (QED) is 0.213. The van der Waals surface area contributed by atoms with Crippen LogP contribution in [0.4, 0.5) is 25.2 Å². The van der Waals surface area contributed by atoms with Crippen molar-refractivity contribution in [2.24, 2.45) is 0 Å². The van der Waals surface area contributed by atoms with Crippen LogP contribution < -0.4 is 0 Å². The predicted octanol–water partition coefficient (Wildman–Crippen LogP) is 3.19. The molecule has 18 heavy (non-hydrogen) atoms. The molecule has 105 valence electrons. The van der Waals surface area contributed by atoms with Crippen molar-refractivity contribution in [3.8, 4) is 0 Å². The van der Waals surface area contributed by atoms with Gasteiger partial charge in [0.2, 0.25) is 0 Å². The van der Waals surface area contributed by atoms with Gasteiger partial charge in [-0.15, -0.1) is 0 Å². The topological polar surface area (TPSA) is 99.5 Å². The fourth-order valence-electron chi connectivity index (χ4n) is 0. The minimum atomic E-state index is -10.7. The molecule has 0 aliphatic carbocycles. The van der Waals surface area contributed by atoms with Gasteiger partial charge in [0, 0.05) is 17.1 Å². The summed E-state index contributed by atoms with van der Waals surface area (Å²) in [5.41, 5.74) is 0. The second kappa shape index (κ2) is 18.6. The normalized spacial score (nSPS) is 9.56. The first-order valence-corrected chi connectivity index (χ1v) is 4.06. The Kier molecular flexibility index (Phi) is 44.8. The van der Waals surface area contributed by atoms with E-state index in [2.05, 4.69) is 33.3 Å².